The van der Waals surface area contributed by atoms with E-state index in [0.29, 0.717) is 16.7 Å². The summed E-state index contributed by atoms with van der Waals surface area (Å²) in [6, 6.07) is 8.42. The molecule has 0 aliphatic rings. The van der Waals surface area contributed by atoms with E-state index in [0.717, 1.165) is 22.8 Å². The highest BCUT2D eigenvalue weighted by Crippen LogP contribution is 2.25. The maximum atomic E-state index is 6.17. The van der Waals surface area contributed by atoms with Crippen molar-refractivity contribution >= 4 is 17.2 Å². The molecule has 2 aromatic heterocycles. The van der Waals surface area contributed by atoms with Crippen LogP contribution in [0.5, 0.6) is 0 Å². The number of rotatable bonds is 2. The molecule has 0 unspecified atom stereocenters. The molecule has 0 amide bonds. The second kappa shape index (κ2) is 5.11. The lowest BCUT2D eigenvalue weighted by Gasteiger charge is -2.09. The van der Waals surface area contributed by atoms with Crippen LogP contribution in [-0.4, -0.2) is 19.6 Å². The lowest BCUT2D eigenvalue weighted by Crippen LogP contribution is -2.01. The monoisotopic (exact) mass is 300 g/mol. The van der Waals surface area contributed by atoms with E-state index in [-0.39, 0.29) is 0 Å². The topological polar surface area (TPSA) is 43.1 Å². The maximum absolute atomic E-state index is 6.17. The Hall–Kier alpha value is -1.94. The average molecular weight is 301 g/mol. The normalized spacial score (nSPS) is 11.5. The first-order valence-electron chi connectivity index (χ1n) is 6.97. The molecule has 3 aromatic rings. The summed E-state index contributed by atoms with van der Waals surface area (Å²) in [5, 5.41) is 8.85. The van der Waals surface area contributed by atoms with Gasteiger partial charge in [0.15, 0.2) is 16.6 Å². The summed E-state index contributed by atoms with van der Waals surface area (Å²) in [7, 11) is 0. The fraction of sp³-hybridized carbons (Fsp3) is 0.312. The van der Waals surface area contributed by atoms with Gasteiger partial charge in [0.2, 0.25) is 0 Å². The zero-order valence-electron chi connectivity index (χ0n) is 12.6. The van der Waals surface area contributed by atoms with Gasteiger partial charge in [-0.05, 0) is 25.3 Å². The van der Waals surface area contributed by atoms with Crippen molar-refractivity contribution in [2.75, 3.05) is 0 Å². The molecule has 5 heteroatoms. The number of benzene rings is 1. The molecule has 108 valence electrons. The Balaban J connectivity index is 2.21. The van der Waals surface area contributed by atoms with Crippen LogP contribution in [-0.2, 0) is 0 Å². The highest BCUT2D eigenvalue weighted by atomic mass is 35.5. The van der Waals surface area contributed by atoms with E-state index in [1.165, 1.54) is 5.56 Å². The summed E-state index contributed by atoms with van der Waals surface area (Å²) in [6.07, 6.45) is 0. The number of aryl methyl sites for hydroxylation is 2. The molecule has 0 N–H and O–H groups in total. The fourth-order valence-corrected chi connectivity index (χ4v) is 2.63. The Morgan fingerprint density at radius 2 is 1.71 bits per heavy atom. The van der Waals surface area contributed by atoms with Crippen molar-refractivity contribution in [3.63, 3.8) is 0 Å². The zero-order valence-corrected chi connectivity index (χ0v) is 13.3. The molecule has 1 aromatic carbocycles. The standard InChI is InChI=1S/C16H17ClN4/c1-9(2)12-5-7-13(8-6-12)15-19-20-16-14(17)18-10(3)11(4)21(15)16/h5-9H,1-4H3. The third-order valence-electron chi connectivity index (χ3n) is 3.81. The molecule has 0 aliphatic heterocycles. The quantitative estimate of drug-likeness (QED) is 0.713. The third-order valence-corrected chi connectivity index (χ3v) is 4.06. The first-order valence-corrected chi connectivity index (χ1v) is 7.35. The number of halogens is 1. The van der Waals surface area contributed by atoms with Crippen LogP contribution in [0.25, 0.3) is 17.0 Å². The van der Waals surface area contributed by atoms with Crippen LogP contribution in [0, 0.1) is 13.8 Å². The van der Waals surface area contributed by atoms with Gasteiger partial charge >= 0.3 is 0 Å². The summed E-state index contributed by atoms with van der Waals surface area (Å²) in [5.41, 5.74) is 4.81. The van der Waals surface area contributed by atoms with Crippen LogP contribution < -0.4 is 0 Å². The Morgan fingerprint density at radius 3 is 2.33 bits per heavy atom. The number of nitrogens with zero attached hydrogens (tertiary/aromatic N) is 4. The van der Waals surface area contributed by atoms with Crippen LogP contribution in [0.2, 0.25) is 5.15 Å². The Labute approximate surface area is 128 Å². The van der Waals surface area contributed by atoms with Crippen molar-refractivity contribution in [3.8, 4) is 11.4 Å². The predicted octanol–water partition coefficient (Wildman–Crippen LogP) is 4.18. The van der Waals surface area contributed by atoms with Crippen molar-refractivity contribution in [3.05, 3.63) is 46.4 Å². The average Bonchev–Trinajstić information content (AvgIpc) is 2.90. The molecule has 0 saturated heterocycles. The first-order chi connectivity index (χ1) is 9.99. The summed E-state index contributed by atoms with van der Waals surface area (Å²) < 4.78 is 1.97. The van der Waals surface area contributed by atoms with Crippen LogP contribution in [0.1, 0.15) is 36.7 Å². The van der Waals surface area contributed by atoms with Crippen LogP contribution in [0.3, 0.4) is 0 Å². The van der Waals surface area contributed by atoms with Gasteiger partial charge < -0.3 is 0 Å². The van der Waals surface area contributed by atoms with E-state index in [4.69, 9.17) is 11.6 Å². The van der Waals surface area contributed by atoms with Gasteiger partial charge in [0, 0.05) is 11.3 Å². The van der Waals surface area contributed by atoms with E-state index < -0.39 is 0 Å². The van der Waals surface area contributed by atoms with Gasteiger partial charge in [-0.25, -0.2) is 4.98 Å². The number of hydrogen-bond donors (Lipinski definition) is 0. The lowest BCUT2D eigenvalue weighted by atomic mass is 10.0. The molecule has 0 bridgehead atoms. The number of aromatic nitrogens is 4. The molecule has 21 heavy (non-hydrogen) atoms. The van der Waals surface area contributed by atoms with E-state index >= 15 is 0 Å². The molecule has 0 fully saturated rings. The lowest BCUT2D eigenvalue weighted by molar-refractivity contribution is 0.866. The number of hydrogen-bond acceptors (Lipinski definition) is 3. The van der Waals surface area contributed by atoms with E-state index in [1.54, 1.807) is 0 Å². The van der Waals surface area contributed by atoms with Crippen LogP contribution in [0.4, 0.5) is 0 Å². The summed E-state index contributed by atoms with van der Waals surface area (Å²) in [6.45, 7) is 8.30. The minimum Gasteiger partial charge on any atom is -0.275 e. The second-order valence-corrected chi connectivity index (χ2v) is 5.89. The largest absolute Gasteiger partial charge is 0.275 e. The van der Waals surface area contributed by atoms with Gasteiger partial charge in [-0.1, -0.05) is 49.7 Å². The van der Waals surface area contributed by atoms with Gasteiger partial charge in [-0.2, -0.15) is 0 Å². The van der Waals surface area contributed by atoms with Crippen LogP contribution in [0.15, 0.2) is 24.3 Å². The molecule has 0 aliphatic carbocycles. The van der Waals surface area contributed by atoms with Crippen molar-refractivity contribution < 1.29 is 0 Å². The highest BCUT2D eigenvalue weighted by Gasteiger charge is 2.15. The smallest absolute Gasteiger partial charge is 0.199 e. The maximum Gasteiger partial charge on any atom is 0.199 e. The predicted molar refractivity (Wildman–Crippen MR) is 84.8 cm³/mol. The minimum atomic E-state index is 0.385. The number of fused-ring (bicyclic) bond motifs is 1. The van der Waals surface area contributed by atoms with Crippen molar-refractivity contribution in [1.82, 2.24) is 19.6 Å². The van der Waals surface area contributed by atoms with E-state index in [9.17, 15) is 0 Å². The zero-order chi connectivity index (χ0) is 15.1. The van der Waals surface area contributed by atoms with Gasteiger partial charge in [-0.15, -0.1) is 10.2 Å². The molecule has 4 nitrogen and oxygen atoms in total. The molecule has 0 saturated carbocycles. The second-order valence-electron chi connectivity index (χ2n) is 5.53. The molecule has 3 rings (SSSR count). The van der Waals surface area contributed by atoms with Crippen molar-refractivity contribution in [2.24, 2.45) is 0 Å². The summed E-state index contributed by atoms with van der Waals surface area (Å²) in [5.74, 6) is 1.31. The molecule has 0 atom stereocenters. The third kappa shape index (κ3) is 2.29. The highest BCUT2D eigenvalue weighted by molar-refractivity contribution is 6.32. The first kappa shape index (κ1) is 14.0. The SMILES string of the molecule is Cc1nc(Cl)c2nnc(-c3ccc(C(C)C)cc3)n2c1C. The van der Waals surface area contributed by atoms with E-state index in [1.807, 2.05) is 18.2 Å². The van der Waals surface area contributed by atoms with Gasteiger partial charge in [0.1, 0.15) is 0 Å². The van der Waals surface area contributed by atoms with Crippen molar-refractivity contribution in [1.29, 1.82) is 0 Å². The Kier molecular flexibility index (Phi) is 3.41. The fourth-order valence-electron chi connectivity index (χ4n) is 2.38. The summed E-state index contributed by atoms with van der Waals surface area (Å²) >= 11 is 6.17. The van der Waals surface area contributed by atoms with E-state index in [2.05, 4.69) is 53.3 Å². The molecular weight excluding hydrogens is 284 g/mol. The molecular formula is C16H17ClN4. The minimum absolute atomic E-state index is 0.385. The molecule has 0 spiro atoms. The van der Waals surface area contributed by atoms with Crippen LogP contribution >= 0.6 is 11.6 Å². The molecule has 2 heterocycles. The Bertz CT molecular complexity index is 803. The van der Waals surface area contributed by atoms with Gasteiger partial charge in [0.25, 0.3) is 0 Å². The molecule has 0 radical (unpaired) electrons. The Morgan fingerprint density at radius 1 is 1.05 bits per heavy atom. The van der Waals surface area contributed by atoms with Gasteiger partial charge in [-0.3, -0.25) is 4.40 Å². The van der Waals surface area contributed by atoms with Crippen molar-refractivity contribution in [2.45, 2.75) is 33.6 Å². The van der Waals surface area contributed by atoms with Gasteiger partial charge in [0.05, 0.1) is 5.69 Å². The summed E-state index contributed by atoms with van der Waals surface area (Å²) in [4.78, 5) is 4.29.